The van der Waals surface area contributed by atoms with E-state index in [9.17, 15) is 0 Å². The highest BCUT2D eigenvalue weighted by molar-refractivity contribution is 6.26. The van der Waals surface area contributed by atoms with Crippen LogP contribution in [0.25, 0.3) is 82.3 Å². The Morgan fingerprint density at radius 2 is 1.07 bits per heavy atom. The first-order valence-electron chi connectivity index (χ1n) is 14.5. The number of pyridine rings is 2. The number of benzene rings is 5. The maximum absolute atomic E-state index is 4.72. The highest BCUT2D eigenvalue weighted by Gasteiger charge is 2.22. The molecule has 0 N–H and O–H groups in total. The lowest BCUT2D eigenvalue weighted by molar-refractivity contribution is 1.15. The molecule has 5 heterocycles. The van der Waals surface area contributed by atoms with Crippen molar-refractivity contribution in [3.05, 3.63) is 140 Å². The highest BCUT2D eigenvalue weighted by Crippen LogP contribution is 2.43. The van der Waals surface area contributed by atoms with Crippen molar-refractivity contribution in [1.29, 1.82) is 0 Å². The predicted octanol–water partition coefficient (Wildman–Crippen LogP) is 9.23. The first-order valence-corrected chi connectivity index (χ1v) is 14.5. The van der Waals surface area contributed by atoms with Crippen LogP contribution < -0.4 is 0 Å². The summed E-state index contributed by atoms with van der Waals surface area (Å²) in [6.07, 6.45) is 7.73. The Bertz CT molecular complexity index is 2710. The van der Waals surface area contributed by atoms with E-state index in [2.05, 4.69) is 140 Å². The Hall–Kier alpha value is -5.94. The quantitative estimate of drug-likeness (QED) is 0.202. The van der Waals surface area contributed by atoms with Crippen molar-refractivity contribution >= 4 is 70.9 Å². The molecule has 0 fully saturated rings. The third kappa shape index (κ3) is 2.95. The fourth-order valence-electron chi connectivity index (χ4n) is 7.19. The number of imidazole rings is 1. The van der Waals surface area contributed by atoms with E-state index in [-0.39, 0.29) is 0 Å². The highest BCUT2D eigenvalue weighted by atomic mass is 15.0. The van der Waals surface area contributed by atoms with E-state index in [4.69, 9.17) is 4.98 Å². The maximum atomic E-state index is 4.72. The zero-order chi connectivity index (χ0) is 28.1. The average molecular weight is 550 g/mol. The molecule has 200 valence electrons. The van der Waals surface area contributed by atoms with Crippen molar-refractivity contribution in [3.63, 3.8) is 0 Å². The van der Waals surface area contributed by atoms with Crippen molar-refractivity contribution in [3.8, 4) is 11.4 Å². The SMILES string of the molecule is c1ccc(-n2c3ccccc3c3ccc4c5cc6c(cc5n(-c5ccccc5)c4c32)c2ccncc2c2nccn62)cc1. The summed E-state index contributed by atoms with van der Waals surface area (Å²) in [5, 5.41) is 8.29. The van der Waals surface area contributed by atoms with Crippen LogP contribution in [0.3, 0.4) is 0 Å². The summed E-state index contributed by atoms with van der Waals surface area (Å²) in [7, 11) is 0. The Balaban J connectivity index is 1.50. The molecule has 0 saturated carbocycles. The van der Waals surface area contributed by atoms with Crippen LogP contribution in [0.5, 0.6) is 0 Å². The number of aromatic nitrogens is 5. The summed E-state index contributed by atoms with van der Waals surface area (Å²) >= 11 is 0. The second-order valence-electron chi connectivity index (χ2n) is 11.1. The van der Waals surface area contributed by atoms with Gasteiger partial charge in [-0.3, -0.25) is 9.38 Å². The minimum absolute atomic E-state index is 0.924. The van der Waals surface area contributed by atoms with Crippen LogP contribution in [-0.4, -0.2) is 23.5 Å². The van der Waals surface area contributed by atoms with Crippen LogP contribution >= 0.6 is 0 Å². The van der Waals surface area contributed by atoms with Crippen molar-refractivity contribution in [2.24, 2.45) is 0 Å². The summed E-state index contributed by atoms with van der Waals surface area (Å²) in [4.78, 5) is 9.16. The molecule has 0 saturated heterocycles. The van der Waals surface area contributed by atoms with Crippen LogP contribution in [0.1, 0.15) is 0 Å². The summed E-state index contributed by atoms with van der Waals surface area (Å²) < 4.78 is 7.08. The number of para-hydroxylation sites is 3. The van der Waals surface area contributed by atoms with Crippen LogP contribution in [0.15, 0.2) is 140 Å². The number of fused-ring (bicyclic) bond motifs is 13. The minimum Gasteiger partial charge on any atom is -0.307 e. The maximum Gasteiger partial charge on any atom is 0.146 e. The zero-order valence-corrected chi connectivity index (χ0v) is 23.0. The van der Waals surface area contributed by atoms with Gasteiger partial charge in [-0.1, -0.05) is 66.7 Å². The molecule has 10 aromatic rings. The van der Waals surface area contributed by atoms with Gasteiger partial charge in [-0.25, -0.2) is 4.98 Å². The van der Waals surface area contributed by atoms with Gasteiger partial charge < -0.3 is 9.13 Å². The van der Waals surface area contributed by atoms with Gasteiger partial charge in [-0.2, -0.15) is 0 Å². The van der Waals surface area contributed by atoms with Gasteiger partial charge in [0.05, 0.1) is 27.6 Å². The molecule has 0 aliphatic rings. The molecule has 0 aliphatic heterocycles. The standard InChI is InChI=1S/C38H23N5/c1-3-9-24(10-4-1)42-33-14-8-7-13-27(33)28-15-16-29-31-21-34-30(26-17-18-39-23-32(26)38-40-19-20-41(34)38)22-35(31)43(37(29)36(28)42)25-11-5-2-6-12-25/h1-23H. The van der Waals surface area contributed by atoms with E-state index < -0.39 is 0 Å². The van der Waals surface area contributed by atoms with E-state index in [1.807, 2.05) is 18.6 Å². The summed E-state index contributed by atoms with van der Waals surface area (Å²) in [5.74, 6) is 0. The molecule has 10 rings (SSSR count). The van der Waals surface area contributed by atoms with E-state index in [1.54, 1.807) is 0 Å². The Kier molecular flexibility index (Phi) is 4.39. The molecule has 0 radical (unpaired) electrons. The number of nitrogens with zero attached hydrogens (tertiary/aromatic N) is 5. The van der Waals surface area contributed by atoms with Gasteiger partial charge in [0.15, 0.2) is 0 Å². The molecule has 0 atom stereocenters. The van der Waals surface area contributed by atoms with Gasteiger partial charge in [0, 0.05) is 68.5 Å². The third-order valence-corrected chi connectivity index (χ3v) is 8.96. The number of rotatable bonds is 2. The fourth-order valence-corrected chi connectivity index (χ4v) is 7.19. The lowest BCUT2D eigenvalue weighted by atomic mass is 10.0. The molecular formula is C38H23N5. The topological polar surface area (TPSA) is 40.0 Å². The first-order chi connectivity index (χ1) is 21.4. The lowest BCUT2D eigenvalue weighted by Crippen LogP contribution is -1.98. The fraction of sp³-hybridized carbons (Fsp3) is 0. The van der Waals surface area contributed by atoms with Crippen LogP contribution in [0.2, 0.25) is 0 Å². The van der Waals surface area contributed by atoms with Crippen LogP contribution in [-0.2, 0) is 0 Å². The molecule has 5 nitrogen and oxygen atoms in total. The molecule has 0 spiro atoms. The van der Waals surface area contributed by atoms with Gasteiger partial charge >= 0.3 is 0 Å². The lowest BCUT2D eigenvalue weighted by Gasteiger charge is -2.13. The largest absolute Gasteiger partial charge is 0.307 e. The molecule has 5 aromatic carbocycles. The van der Waals surface area contributed by atoms with E-state index in [0.717, 1.165) is 33.3 Å². The molecule has 0 amide bonds. The van der Waals surface area contributed by atoms with Gasteiger partial charge in [-0.05, 0) is 53.9 Å². The number of hydrogen-bond donors (Lipinski definition) is 0. The summed E-state index contributed by atoms with van der Waals surface area (Å²) in [6, 6.07) is 41.6. The summed E-state index contributed by atoms with van der Waals surface area (Å²) in [6.45, 7) is 0. The second-order valence-corrected chi connectivity index (χ2v) is 11.1. The molecular weight excluding hydrogens is 526 g/mol. The second kappa shape index (κ2) is 8.30. The number of hydrogen-bond acceptors (Lipinski definition) is 2. The first kappa shape index (κ1) is 22.7. The smallest absolute Gasteiger partial charge is 0.146 e. The predicted molar refractivity (Wildman–Crippen MR) is 177 cm³/mol. The molecule has 43 heavy (non-hydrogen) atoms. The minimum atomic E-state index is 0.924. The Morgan fingerprint density at radius 1 is 0.442 bits per heavy atom. The van der Waals surface area contributed by atoms with Crippen molar-refractivity contribution in [1.82, 2.24) is 23.5 Å². The summed E-state index contributed by atoms with van der Waals surface area (Å²) in [5.41, 5.74) is 9.11. The van der Waals surface area contributed by atoms with Gasteiger partial charge in [0.25, 0.3) is 0 Å². The van der Waals surface area contributed by atoms with Crippen LogP contribution in [0.4, 0.5) is 0 Å². The molecule has 0 unspecified atom stereocenters. The van der Waals surface area contributed by atoms with E-state index in [1.165, 1.54) is 49.0 Å². The molecule has 5 heteroatoms. The molecule has 0 aliphatic carbocycles. The molecule has 0 bridgehead atoms. The third-order valence-electron chi connectivity index (χ3n) is 8.96. The van der Waals surface area contributed by atoms with Gasteiger partial charge in [-0.15, -0.1) is 0 Å². The van der Waals surface area contributed by atoms with Gasteiger partial charge in [0.2, 0.25) is 0 Å². The van der Waals surface area contributed by atoms with Crippen molar-refractivity contribution in [2.45, 2.75) is 0 Å². The zero-order valence-electron chi connectivity index (χ0n) is 23.0. The van der Waals surface area contributed by atoms with E-state index >= 15 is 0 Å². The Labute approximate surface area is 245 Å². The normalized spacial score (nSPS) is 12.2. The average Bonchev–Trinajstić information content (AvgIpc) is 3.78. The van der Waals surface area contributed by atoms with Gasteiger partial charge in [0.1, 0.15) is 5.65 Å². The Morgan fingerprint density at radius 3 is 1.84 bits per heavy atom. The molecule has 5 aromatic heterocycles. The van der Waals surface area contributed by atoms with Crippen molar-refractivity contribution in [2.75, 3.05) is 0 Å². The van der Waals surface area contributed by atoms with Crippen molar-refractivity contribution < 1.29 is 0 Å². The monoisotopic (exact) mass is 549 g/mol. The van der Waals surface area contributed by atoms with Crippen LogP contribution in [0, 0.1) is 0 Å². The van der Waals surface area contributed by atoms with E-state index in [0.29, 0.717) is 0 Å².